The predicted molar refractivity (Wildman–Crippen MR) is 94.9 cm³/mol. The molecule has 0 saturated heterocycles. The minimum Gasteiger partial charge on any atom is -0.497 e. The molecule has 0 atom stereocenters. The number of aryl methyl sites for hydroxylation is 1. The first-order valence-corrected chi connectivity index (χ1v) is 8.51. The molecule has 1 aromatic carbocycles. The van der Waals surface area contributed by atoms with Crippen LogP contribution in [0.5, 0.6) is 5.75 Å². The number of amides is 1. The summed E-state index contributed by atoms with van der Waals surface area (Å²) in [5, 5.41) is 15.3. The van der Waals surface area contributed by atoms with E-state index in [4.69, 9.17) is 4.74 Å². The number of rotatable bonds is 7. The van der Waals surface area contributed by atoms with Gasteiger partial charge in [-0.25, -0.2) is 0 Å². The summed E-state index contributed by atoms with van der Waals surface area (Å²) in [5.74, 6) is 0.691. The van der Waals surface area contributed by atoms with Crippen molar-refractivity contribution in [1.82, 2.24) is 14.7 Å². The molecule has 0 unspecified atom stereocenters. The summed E-state index contributed by atoms with van der Waals surface area (Å²) >= 11 is 0. The molecule has 2 aromatic rings. The van der Waals surface area contributed by atoms with Crippen molar-refractivity contribution in [2.45, 2.75) is 45.8 Å². The Morgan fingerprint density at radius 2 is 2.00 bits per heavy atom. The molecule has 1 fully saturated rings. The maximum Gasteiger partial charge on any atom is 0.312 e. The predicted octanol–water partition coefficient (Wildman–Crippen LogP) is 2.61. The molecule has 1 saturated carbocycles. The molecule has 1 aromatic heterocycles. The Hall–Kier alpha value is -2.90. The molecule has 3 rings (SSSR count). The topological polar surface area (TPSA) is 90.5 Å². The second-order valence-corrected chi connectivity index (χ2v) is 6.54. The number of hydrogen-bond acceptors (Lipinski definition) is 5. The largest absolute Gasteiger partial charge is 0.497 e. The van der Waals surface area contributed by atoms with Crippen LogP contribution in [0.4, 0.5) is 5.69 Å². The van der Waals surface area contributed by atoms with Crippen molar-refractivity contribution >= 4 is 11.6 Å². The highest BCUT2D eigenvalue weighted by atomic mass is 16.6. The van der Waals surface area contributed by atoms with Gasteiger partial charge < -0.3 is 9.64 Å². The summed E-state index contributed by atoms with van der Waals surface area (Å²) < 4.78 is 6.59. The number of nitrogens with zero attached hydrogens (tertiary/aromatic N) is 4. The molecule has 0 bridgehead atoms. The third kappa shape index (κ3) is 3.68. The van der Waals surface area contributed by atoms with Crippen molar-refractivity contribution in [3.63, 3.8) is 0 Å². The van der Waals surface area contributed by atoms with Gasteiger partial charge in [0.15, 0.2) is 0 Å². The number of aromatic nitrogens is 2. The highest BCUT2D eigenvalue weighted by molar-refractivity contribution is 5.77. The fraction of sp³-hybridized carbons (Fsp3) is 0.444. The van der Waals surface area contributed by atoms with E-state index in [0.717, 1.165) is 24.2 Å². The van der Waals surface area contributed by atoms with E-state index in [1.54, 1.807) is 21.0 Å². The van der Waals surface area contributed by atoms with E-state index in [0.29, 0.717) is 17.9 Å². The molecular weight excluding hydrogens is 336 g/mol. The van der Waals surface area contributed by atoms with Gasteiger partial charge in [-0.1, -0.05) is 12.1 Å². The Morgan fingerprint density at radius 3 is 2.50 bits per heavy atom. The summed E-state index contributed by atoms with van der Waals surface area (Å²) in [6, 6.07) is 7.85. The van der Waals surface area contributed by atoms with Gasteiger partial charge >= 0.3 is 5.69 Å². The Labute approximate surface area is 151 Å². The Morgan fingerprint density at radius 1 is 1.35 bits per heavy atom. The average Bonchev–Trinajstić information content (AvgIpc) is 3.39. The highest BCUT2D eigenvalue weighted by Crippen LogP contribution is 2.29. The number of benzene rings is 1. The van der Waals surface area contributed by atoms with E-state index in [9.17, 15) is 14.9 Å². The second-order valence-electron chi connectivity index (χ2n) is 6.54. The fourth-order valence-corrected chi connectivity index (χ4v) is 3.06. The van der Waals surface area contributed by atoms with Gasteiger partial charge in [-0.05, 0) is 44.4 Å². The smallest absolute Gasteiger partial charge is 0.312 e. The van der Waals surface area contributed by atoms with Gasteiger partial charge in [0.2, 0.25) is 5.91 Å². The molecule has 0 spiro atoms. The van der Waals surface area contributed by atoms with E-state index in [-0.39, 0.29) is 24.2 Å². The minimum atomic E-state index is -0.450. The van der Waals surface area contributed by atoms with Gasteiger partial charge in [-0.3, -0.25) is 19.6 Å². The van der Waals surface area contributed by atoms with Crippen molar-refractivity contribution < 1.29 is 14.5 Å². The van der Waals surface area contributed by atoms with Gasteiger partial charge in [0.1, 0.15) is 23.7 Å². The first-order chi connectivity index (χ1) is 12.4. The third-order valence-corrected chi connectivity index (χ3v) is 4.63. The molecule has 0 N–H and O–H groups in total. The van der Waals surface area contributed by atoms with E-state index in [2.05, 4.69) is 5.10 Å². The maximum absolute atomic E-state index is 12.8. The van der Waals surface area contributed by atoms with Crippen molar-refractivity contribution in [2.24, 2.45) is 0 Å². The van der Waals surface area contributed by atoms with E-state index in [1.807, 2.05) is 29.2 Å². The third-order valence-electron chi connectivity index (χ3n) is 4.63. The summed E-state index contributed by atoms with van der Waals surface area (Å²) in [4.78, 5) is 25.4. The van der Waals surface area contributed by atoms with E-state index in [1.165, 1.54) is 4.68 Å². The summed E-state index contributed by atoms with van der Waals surface area (Å²) in [6.07, 6.45) is 1.97. The molecular formula is C18H22N4O4. The van der Waals surface area contributed by atoms with Crippen molar-refractivity contribution in [1.29, 1.82) is 0 Å². The van der Waals surface area contributed by atoms with Gasteiger partial charge in [0.05, 0.1) is 12.0 Å². The average molecular weight is 358 g/mol. The standard InChI is InChI=1S/C18H22N4O4/c1-12-18(22(24)25)13(2)21(19-12)11-17(23)20(15-6-7-15)10-14-4-8-16(26-3)9-5-14/h4-5,8-9,15H,6-7,10-11H2,1-3H3. The molecule has 0 aliphatic heterocycles. The lowest BCUT2D eigenvalue weighted by Crippen LogP contribution is -2.35. The molecule has 1 amide bonds. The van der Waals surface area contributed by atoms with Crippen LogP contribution in [-0.2, 0) is 17.9 Å². The van der Waals surface area contributed by atoms with Crippen LogP contribution in [0.15, 0.2) is 24.3 Å². The Kier molecular flexibility index (Phi) is 4.92. The monoisotopic (exact) mass is 358 g/mol. The summed E-state index contributed by atoms with van der Waals surface area (Å²) in [7, 11) is 1.61. The number of ether oxygens (including phenoxy) is 1. The SMILES string of the molecule is COc1ccc(CN(C(=O)Cn2nc(C)c([N+](=O)[O-])c2C)C2CC2)cc1. The number of nitro groups is 1. The lowest BCUT2D eigenvalue weighted by molar-refractivity contribution is -0.386. The summed E-state index contributed by atoms with van der Waals surface area (Å²) in [5.41, 5.74) is 1.73. The molecule has 138 valence electrons. The quantitative estimate of drug-likeness (QED) is 0.560. The van der Waals surface area contributed by atoms with Gasteiger partial charge in [-0.2, -0.15) is 5.10 Å². The van der Waals surface area contributed by atoms with Gasteiger partial charge in [0.25, 0.3) is 0 Å². The van der Waals surface area contributed by atoms with Gasteiger partial charge in [0, 0.05) is 12.6 Å². The zero-order chi connectivity index (χ0) is 18.8. The van der Waals surface area contributed by atoms with Crippen LogP contribution in [-0.4, -0.2) is 38.7 Å². The van der Waals surface area contributed by atoms with E-state index >= 15 is 0 Å². The lowest BCUT2D eigenvalue weighted by atomic mass is 10.2. The molecule has 8 nitrogen and oxygen atoms in total. The lowest BCUT2D eigenvalue weighted by Gasteiger charge is -2.23. The maximum atomic E-state index is 12.8. The first kappa shape index (κ1) is 17.9. The number of hydrogen-bond donors (Lipinski definition) is 0. The van der Waals surface area contributed by atoms with E-state index < -0.39 is 4.92 Å². The molecule has 26 heavy (non-hydrogen) atoms. The Balaban J connectivity index is 1.75. The Bertz CT molecular complexity index is 824. The van der Waals surface area contributed by atoms with Crippen LogP contribution in [0.1, 0.15) is 29.8 Å². The molecule has 1 aliphatic rings. The number of methoxy groups -OCH3 is 1. The highest BCUT2D eigenvalue weighted by Gasteiger charge is 2.33. The fourth-order valence-electron chi connectivity index (χ4n) is 3.06. The zero-order valence-electron chi connectivity index (χ0n) is 15.1. The minimum absolute atomic E-state index is 0.00711. The van der Waals surface area contributed by atoms with Gasteiger partial charge in [-0.15, -0.1) is 0 Å². The zero-order valence-corrected chi connectivity index (χ0v) is 15.1. The van der Waals surface area contributed by atoms with Crippen LogP contribution in [0.2, 0.25) is 0 Å². The number of carbonyl (C=O) groups excluding carboxylic acids is 1. The molecule has 1 heterocycles. The molecule has 1 aliphatic carbocycles. The van der Waals surface area contributed by atoms with Crippen LogP contribution in [0, 0.1) is 24.0 Å². The van der Waals surface area contributed by atoms with Crippen LogP contribution >= 0.6 is 0 Å². The van der Waals surface area contributed by atoms with Crippen LogP contribution < -0.4 is 4.74 Å². The first-order valence-electron chi connectivity index (χ1n) is 8.51. The van der Waals surface area contributed by atoms with Crippen LogP contribution in [0.25, 0.3) is 0 Å². The molecule has 8 heteroatoms. The molecule has 0 radical (unpaired) electrons. The normalized spacial score (nSPS) is 13.5. The second kappa shape index (κ2) is 7.15. The van der Waals surface area contributed by atoms with Crippen LogP contribution in [0.3, 0.4) is 0 Å². The van der Waals surface area contributed by atoms with Crippen molar-refractivity contribution in [3.8, 4) is 5.75 Å². The number of carbonyl (C=O) groups is 1. The van der Waals surface area contributed by atoms with Crippen molar-refractivity contribution in [3.05, 3.63) is 51.3 Å². The van der Waals surface area contributed by atoms with Crippen molar-refractivity contribution in [2.75, 3.05) is 7.11 Å². The summed E-state index contributed by atoms with van der Waals surface area (Å²) in [6.45, 7) is 3.72.